The Kier molecular flexibility index (Phi) is 4.30. The maximum atomic E-state index is 12.2. The lowest BCUT2D eigenvalue weighted by Crippen LogP contribution is -2.47. The Morgan fingerprint density at radius 1 is 1.17 bits per heavy atom. The Hall–Kier alpha value is -0.585. The Balaban J connectivity index is 1.98. The van der Waals surface area contributed by atoms with Crippen LogP contribution in [-0.4, -0.2) is 26.1 Å². The number of alkyl halides is 2. The van der Waals surface area contributed by atoms with E-state index < -0.39 is 5.76 Å². The number of benzene rings is 1. The van der Waals surface area contributed by atoms with E-state index in [4.69, 9.17) is 9.31 Å². The van der Waals surface area contributed by atoms with Gasteiger partial charge in [0.15, 0.2) is 0 Å². The standard InChI is InChI=1S/C12H15BF2O2S/c1-12(2)7-16-13(17-8-12)9-3-5-10(6-4-9)18-11(14)15/h3-6,11H,7-8H2,1-2H3. The minimum Gasteiger partial charge on any atom is -0.407 e. The van der Waals surface area contributed by atoms with Crippen molar-refractivity contribution in [2.24, 2.45) is 5.41 Å². The number of rotatable bonds is 3. The second-order valence-corrected chi connectivity index (χ2v) is 6.13. The topological polar surface area (TPSA) is 18.5 Å². The molecule has 1 fully saturated rings. The fourth-order valence-electron chi connectivity index (χ4n) is 1.69. The van der Waals surface area contributed by atoms with E-state index in [0.717, 1.165) is 5.46 Å². The van der Waals surface area contributed by atoms with Crippen molar-refractivity contribution in [2.45, 2.75) is 24.5 Å². The van der Waals surface area contributed by atoms with E-state index in [1.807, 2.05) is 0 Å². The molecule has 0 amide bonds. The summed E-state index contributed by atoms with van der Waals surface area (Å²) in [6.07, 6.45) is 0. The third kappa shape index (κ3) is 3.70. The van der Waals surface area contributed by atoms with Gasteiger partial charge in [-0.2, -0.15) is 8.78 Å². The highest BCUT2D eigenvalue weighted by Gasteiger charge is 2.33. The van der Waals surface area contributed by atoms with Crippen LogP contribution in [0, 0.1) is 5.41 Å². The van der Waals surface area contributed by atoms with Gasteiger partial charge in [0.1, 0.15) is 0 Å². The summed E-state index contributed by atoms with van der Waals surface area (Å²) in [5, 5.41) is 0. The molecule has 0 unspecified atom stereocenters. The number of thioether (sulfide) groups is 1. The summed E-state index contributed by atoms with van der Waals surface area (Å²) >= 11 is 0.539. The van der Waals surface area contributed by atoms with E-state index in [2.05, 4.69) is 13.8 Å². The van der Waals surface area contributed by atoms with Crippen LogP contribution in [0.2, 0.25) is 0 Å². The van der Waals surface area contributed by atoms with Crippen LogP contribution >= 0.6 is 11.8 Å². The number of hydrogen-bond acceptors (Lipinski definition) is 3. The molecule has 1 aromatic rings. The molecule has 1 aromatic carbocycles. The lowest BCUT2D eigenvalue weighted by Gasteiger charge is -2.33. The van der Waals surface area contributed by atoms with Crippen molar-refractivity contribution in [3.8, 4) is 0 Å². The summed E-state index contributed by atoms with van der Waals surface area (Å²) < 4.78 is 35.6. The molecule has 0 bridgehead atoms. The largest absolute Gasteiger partial charge is 0.493 e. The molecule has 1 aliphatic rings. The third-order valence-electron chi connectivity index (χ3n) is 2.63. The van der Waals surface area contributed by atoms with E-state index in [-0.39, 0.29) is 12.5 Å². The number of hydrogen-bond donors (Lipinski definition) is 0. The SMILES string of the molecule is CC1(C)COB(c2ccc(SC(F)F)cc2)OC1. The van der Waals surface area contributed by atoms with Crippen molar-refractivity contribution in [1.29, 1.82) is 0 Å². The fourth-order valence-corrected chi connectivity index (χ4v) is 2.19. The van der Waals surface area contributed by atoms with Gasteiger partial charge in [-0.25, -0.2) is 0 Å². The van der Waals surface area contributed by atoms with E-state index in [1.165, 1.54) is 0 Å². The molecule has 0 aliphatic carbocycles. The monoisotopic (exact) mass is 272 g/mol. The molecule has 0 N–H and O–H groups in total. The third-order valence-corrected chi connectivity index (χ3v) is 3.35. The first-order valence-electron chi connectivity index (χ1n) is 5.74. The molecule has 1 heterocycles. The van der Waals surface area contributed by atoms with Crippen molar-refractivity contribution in [3.05, 3.63) is 24.3 Å². The van der Waals surface area contributed by atoms with E-state index >= 15 is 0 Å². The molecule has 98 valence electrons. The van der Waals surface area contributed by atoms with Crippen molar-refractivity contribution >= 4 is 24.3 Å². The molecule has 2 rings (SSSR count). The predicted octanol–water partition coefficient (Wildman–Crippen LogP) is 2.77. The summed E-state index contributed by atoms with van der Waals surface area (Å²) in [6.45, 7) is 5.41. The van der Waals surface area contributed by atoms with Crippen LogP contribution in [0.15, 0.2) is 29.2 Å². The highest BCUT2D eigenvalue weighted by Crippen LogP contribution is 2.25. The van der Waals surface area contributed by atoms with Gasteiger partial charge < -0.3 is 9.31 Å². The van der Waals surface area contributed by atoms with Gasteiger partial charge in [-0.05, 0) is 17.6 Å². The van der Waals surface area contributed by atoms with Crippen LogP contribution in [0.5, 0.6) is 0 Å². The van der Waals surface area contributed by atoms with Crippen LogP contribution in [0.4, 0.5) is 8.78 Å². The Labute approximate surface area is 110 Å². The Bertz CT molecular complexity index is 388. The summed E-state index contributed by atoms with van der Waals surface area (Å²) in [5.74, 6) is -2.39. The maximum absolute atomic E-state index is 12.2. The molecule has 2 nitrogen and oxygen atoms in total. The Morgan fingerprint density at radius 2 is 1.72 bits per heavy atom. The highest BCUT2D eigenvalue weighted by molar-refractivity contribution is 7.99. The van der Waals surface area contributed by atoms with Crippen molar-refractivity contribution < 1.29 is 18.1 Å². The molecule has 1 aliphatic heterocycles. The number of halogens is 2. The first kappa shape index (κ1) is 13.8. The molecule has 0 radical (unpaired) electrons. The molecule has 0 aromatic heterocycles. The molecular formula is C12H15BF2O2S. The van der Waals surface area contributed by atoms with Gasteiger partial charge in [-0.3, -0.25) is 0 Å². The molecule has 0 atom stereocenters. The zero-order valence-corrected chi connectivity index (χ0v) is 11.2. The fraction of sp³-hybridized carbons (Fsp3) is 0.500. The Morgan fingerprint density at radius 3 is 2.22 bits per heavy atom. The lowest BCUT2D eigenvalue weighted by atomic mass is 9.76. The maximum Gasteiger partial charge on any atom is 0.493 e. The van der Waals surface area contributed by atoms with Gasteiger partial charge in [0.25, 0.3) is 5.76 Å². The van der Waals surface area contributed by atoms with Crippen LogP contribution in [0.3, 0.4) is 0 Å². The van der Waals surface area contributed by atoms with Crippen molar-refractivity contribution in [1.82, 2.24) is 0 Å². The molecule has 18 heavy (non-hydrogen) atoms. The second kappa shape index (κ2) is 5.59. The van der Waals surface area contributed by atoms with Gasteiger partial charge >= 0.3 is 7.12 Å². The lowest BCUT2D eigenvalue weighted by molar-refractivity contribution is 0.0343. The summed E-state index contributed by atoms with van der Waals surface area (Å²) in [4.78, 5) is 0.546. The summed E-state index contributed by atoms with van der Waals surface area (Å²) in [6, 6.07) is 6.87. The molecular weight excluding hydrogens is 257 g/mol. The van der Waals surface area contributed by atoms with Gasteiger partial charge in [-0.15, -0.1) is 0 Å². The zero-order valence-electron chi connectivity index (χ0n) is 10.4. The van der Waals surface area contributed by atoms with Crippen LogP contribution < -0.4 is 5.46 Å². The average molecular weight is 272 g/mol. The highest BCUT2D eigenvalue weighted by atomic mass is 32.2. The van der Waals surface area contributed by atoms with E-state index in [1.54, 1.807) is 24.3 Å². The minimum atomic E-state index is -2.39. The van der Waals surface area contributed by atoms with Crippen molar-refractivity contribution in [3.63, 3.8) is 0 Å². The summed E-state index contributed by atoms with van der Waals surface area (Å²) in [5.41, 5.74) is 0.895. The first-order valence-corrected chi connectivity index (χ1v) is 6.62. The molecule has 0 saturated carbocycles. The quantitative estimate of drug-likeness (QED) is 0.622. The molecule has 0 spiro atoms. The first-order chi connectivity index (χ1) is 8.46. The van der Waals surface area contributed by atoms with E-state index in [9.17, 15) is 8.78 Å². The van der Waals surface area contributed by atoms with Gasteiger partial charge in [0.05, 0.1) is 0 Å². The smallest absolute Gasteiger partial charge is 0.407 e. The van der Waals surface area contributed by atoms with Crippen LogP contribution in [0.25, 0.3) is 0 Å². The average Bonchev–Trinajstić information content (AvgIpc) is 2.30. The van der Waals surface area contributed by atoms with Crippen LogP contribution in [-0.2, 0) is 9.31 Å². The van der Waals surface area contributed by atoms with Gasteiger partial charge in [0, 0.05) is 23.5 Å². The van der Waals surface area contributed by atoms with E-state index in [0.29, 0.717) is 29.9 Å². The molecule has 6 heteroatoms. The van der Waals surface area contributed by atoms with Gasteiger partial charge in [0.2, 0.25) is 0 Å². The van der Waals surface area contributed by atoms with Crippen LogP contribution in [0.1, 0.15) is 13.8 Å². The summed E-state index contributed by atoms with van der Waals surface area (Å²) in [7, 11) is -0.386. The normalized spacial score (nSPS) is 19.3. The van der Waals surface area contributed by atoms with Gasteiger partial charge in [-0.1, -0.05) is 37.7 Å². The predicted molar refractivity (Wildman–Crippen MR) is 69.4 cm³/mol. The molecule has 1 saturated heterocycles. The van der Waals surface area contributed by atoms with Crippen molar-refractivity contribution in [2.75, 3.05) is 13.2 Å². The minimum absolute atomic E-state index is 0.0297. The second-order valence-electron chi connectivity index (χ2n) is 5.07. The zero-order chi connectivity index (χ0) is 13.2.